The summed E-state index contributed by atoms with van der Waals surface area (Å²) in [6.45, 7) is 1.92. The number of amides is 2. The number of rotatable bonds is 4. The Morgan fingerprint density at radius 3 is 2.88 bits per heavy atom. The number of carbonyl (C=O) groups is 3. The van der Waals surface area contributed by atoms with Gasteiger partial charge in [0.2, 0.25) is 5.91 Å². The number of thioether (sulfide) groups is 1. The van der Waals surface area contributed by atoms with Crippen LogP contribution in [0.1, 0.15) is 0 Å². The van der Waals surface area contributed by atoms with Gasteiger partial charge < -0.3 is 15.2 Å². The number of benzene rings is 1. The van der Waals surface area contributed by atoms with Crippen molar-refractivity contribution in [1.29, 1.82) is 0 Å². The summed E-state index contributed by atoms with van der Waals surface area (Å²) >= 11 is 1.47. The van der Waals surface area contributed by atoms with Crippen LogP contribution in [0.4, 0.5) is 16.2 Å². The fourth-order valence-electron chi connectivity index (χ4n) is 3.23. The van der Waals surface area contributed by atoms with Crippen LogP contribution in [0.5, 0.6) is 0 Å². The number of hydrogen-bond acceptors (Lipinski definition) is 6. The number of hydrogen-bond donors (Lipinski definition) is 2. The number of nitrogens with zero attached hydrogens (tertiary/aromatic N) is 2. The van der Waals surface area contributed by atoms with E-state index in [1.807, 2.05) is 17.0 Å². The van der Waals surface area contributed by atoms with E-state index in [4.69, 9.17) is 9.84 Å². The Balaban J connectivity index is 1.40. The lowest BCUT2D eigenvalue weighted by molar-refractivity contribution is -0.148. The van der Waals surface area contributed by atoms with E-state index in [1.165, 1.54) is 11.8 Å². The summed E-state index contributed by atoms with van der Waals surface area (Å²) < 4.78 is 5.40. The van der Waals surface area contributed by atoms with Gasteiger partial charge in [0.15, 0.2) is 0 Å². The number of aliphatic carboxylic acids is 1. The Labute approximate surface area is 148 Å². The van der Waals surface area contributed by atoms with E-state index in [9.17, 15) is 14.4 Å². The Bertz CT molecular complexity index is 749. The van der Waals surface area contributed by atoms with Crippen molar-refractivity contribution in [2.45, 2.75) is 11.0 Å². The van der Waals surface area contributed by atoms with Crippen LogP contribution in [-0.2, 0) is 14.3 Å². The molecule has 9 heteroatoms. The van der Waals surface area contributed by atoms with Gasteiger partial charge in [-0.1, -0.05) is 0 Å². The minimum Gasteiger partial charge on any atom is -0.481 e. The zero-order valence-corrected chi connectivity index (χ0v) is 14.1. The first-order valence-electron chi connectivity index (χ1n) is 7.99. The average Bonchev–Trinajstić information content (AvgIpc) is 2.90. The minimum atomic E-state index is -0.782. The molecule has 0 spiro atoms. The van der Waals surface area contributed by atoms with Crippen LogP contribution in [-0.4, -0.2) is 66.0 Å². The number of carboxylic acids is 1. The van der Waals surface area contributed by atoms with Crippen molar-refractivity contribution in [1.82, 2.24) is 4.90 Å². The first-order valence-corrected chi connectivity index (χ1v) is 8.98. The number of fused-ring (bicyclic) bond motifs is 1. The van der Waals surface area contributed by atoms with Crippen LogP contribution in [0, 0.1) is 5.92 Å². The predicted molar refractivity (Wildman–Crippen MR) is 91.0 cm³/mol. The summed E-state index contributed by atoms with van der Waals surface area (Å²) in [6, 6.07) is 5.52. The number of carboxylic acid groups (broad SMARTS) is 1. The van der Waals surface area contributed by atoms with Crippen molar-refractivity contribution in [3.63, 3.8) is 0 Å². The molecule has 2 amide bonds. The fraction of sp³-hybridized carbons (Fsp3) is 0.438. The van der Waals surface area contributed by atoms with E-state index < -0.39 is 12.1 Å². The van der Waals surface area contributed by atoms with Crippen LogP contribution >= 0.6 is 11.8 Å². The summed E-state index contributed by atoms with van der Waals surface area (Å²) in [5.74, 6) is -0.764. The Hall–Kier alpha value is -2.26. The van der Waals surface area contributed by atoms with E-state index in [0.29, 0.717) is 43.3 Å². The highest BCUT2D eigenvalue weighted by atomic mass is 32.2. The molecule has 1 atom stereocenters. The molecule has 132 valence electrons. The van der Waals surface area contributed by atoms with Gasteiger partial charge in [0.1, 0.15) is 6.10 Å². The SMILES string of the molecule is O=C1CSc2ccc(N3C[C@@H](CN4CC(C(=O)O)C4)OC3=O)cc2N1. The number of nitrogens with one attached hydrogen (secondary N) is 1. The number of cyclic esters (lactones) is 1. The molecule has 8 nitrogen and oxygen atoms in total. The number of likely N-dealkylation sites (tertiary alicyclic amines) is 1. The molecule has 0 unspecified atom stereocenters. The average molecular weight is 363 g/mol. The van der Waals surface area contributed by atoms with Gasteiger partial charge in [-0.25, -0.2) is 4.79 Å². The molecule has 3 heterocycles. The molecule has 0 saturated carbocycles. The topological polar surface area (TPSA) is 99.2 Å². The maximum absolute atomic E-state index is 12.2. The molecule has 0 radical (unpaired) electrons. The van der Waals surface area contributed by atoms with Gasteiger partial charge in [-0.2, -0.15) is 0 Å². The van der Waals surface area contributed by atoms with Gasteiger partial charge in [0.25, 0.3) is 0 Å². The molecule has 1 aromatic carbocycles. The zero-order valence-electron chi connectivity index (χ0n) is 13.3. The second kappa shape index (κ2) is 6.23. The lowest BCUT2D eigenvalue weighted by Gasteiger charge is -2.37. The molecule has 0 aliphatic carbocycles. The third kappa shape index (κ3) is 3.16. The van der Waals surface area contributed by atoms with Crippen LogP contribution in [0.3, 0.4) is 0 Å². The van der Waals surface area contributed by atoms with Crippen molar-refractivity contribution in [3.05, 3.63) is 18.2 Å². The largest absolute Gasteiger partial charge is 0.481 e. The van der Waals surface area contributed by atoms with Crippen LogP contribution in [0.15, 0.2) is 23.1 Å². The van der Waals surface area contributed by atoms with Crippen molar-refractivity contribution in [3.8, 4) is 0 Å². The third-order valence-electron chi connectivity index (χ3n) is 4.55. The summed E-state index contributed by atoms with van der Waals surface area (Å²) in [5, 5.41) is 11.7. The third-order valence-corrected chi connectivity index (χ3v) is 5.62. The molecule has 3 aliphatic rings. The second-order valence-electron chi connectivity index (χ2n) is 6.39. The monoisotopic (exact) mass is 363 g/mol. The van der Waals surface area contributed by atoms with Gasteiger partial charge in [-0.15, -0.1) is 11.8 Å². The number of anilines is 2. The molecule has 25 heavy (non-hydrogen) atoms. The van der Waals surface area contributed by atoms with E-state index in [0.717, 1.165) is 4.90 Å². The van der Waals surface area contributed by atoms with Gasteiger partial charge >= 0.3 is 12.1 Å². The molecule has 4 rings (SSSR count). The first kappa shape index (κ1) is 16.2. The molecule has 0 bridgehead atoms. The zero-order chi connectivity index (χ0) is 17.6. The van der Waals surface area contributed by atoms with E-state index in [-0.39, 0.29) is 17.9 Å². The van der Waals surface area contributed by atoms with Crippen molar-refractivity contribution in [2.75, 3.05) is 42.1 Å². The maximum atomic E-state index is 12.2. The highest BCUT2D eigenvalue weighted by Gasteiger charge is 2.38. The first-order chi connectivity index (χ1) is 12.0. The fourth-order valence-corrected chi connectivity index (χ4v) is 4.02. The molecule has 3 aliphatic heterocycles. The molecule has 2 fully saturated rings. The smallest absolute Gasteiger partial charge is 0.414 e. The standard InChI is InChI=1S/C16H17N3O5S/c20-14-8-25-13-2-1-10(3-12(13)17-14)19-7-11(24-16(19)23)6-18-4-9(5-18)15(21)22/h1-3,9,11H,4-8H2,(H,17,20)(H,21,22)/t11-/m1/s1. The molecular weight excluding hydrogens is 346 g/mol. The summed E-state index contributed by atoms with van der Waals surface area (Å²) in [6.07, 6.45) is -0.711. The predicted octanol–water partition coefficient (Wildman–Crippen LogP) is 1.07. The van der Waals surface area contributed by atoms with E-state index in [2.05, 4.69) is 5.32 Å². The summed E-state index contributed by atoms with van der Waals surface area (Å²) in [4.78, 5) is 39.0. The van der Waals surface area contributed by atoms with Crippen molar-refractivity contribution in [2.24, 2.45) is 5.92 Å². The summed E-state index contributed by atoms with van der Waals surface area (Å²) in [7, 11) is 0. The van der Waals surface area contributed by atoms with E-state index in [1.54, 1.807) is 11.0 Å². The maximum Gasteiger partial charge on any atom is 0.414 e. The number of carbonyl (C=O) groups excluding carboxylic acids is 2. The van der Waals surface area contributed by atoms with Gasteiger partial charge in [0, 0.05) is 30.2 Å². The molecule has 2 saturated heterocycles. The van der Waals surface area contributed by atoms with E-state index >= 15 is 0 Å². The summed E-state index contributed by atoms with van der Waals surface area (Å²) in [5.41, 5.74) is 1.39. The van der Waals surface area contributed by atoms with Gasteiger partial charge in [-0.3, -0.25) is 19.4 Å². The Morgan fingerprint density at radius 2 is 2.12 bits per heavy atom. The van der Waals surface area contributed by atoms with Crippen LogP contribution in [0.25, 0.3) is 0 Å². The van der Waals surface area contributed by atoms with Crippen molar-refractivity contribution >= 4 is 41.1 Å². The lowest BCUT2D eigenvalue weighted by atomic mass is 10.0. The highest BCUT2D eigenvalue weighted by molar-refractivity contribution is 8.00. The minimum absolute atomic E-state index is 0.0534. The molecular formula is C16H17N3O5S. The van der Waals surface area contributed by atoms with Crippen LogP contribution < -0.4 is 10.2 Å². The molecule has 0 aromatic heterocycles. The Kier molecular flexibility index (Phi) is 4.04. The normalized spacial score (nSPS) is 23.7. The highest BCUT2D eigenvalue weighted by Crippen LogP contribution is 2.35. The van der Waals surface area contributed by atoms with Crippen molar-refractivity contribution < 1.29 is 24.2 Å². The number of ether oxygens (including phenoxy) is 1. The molecule has 1 aromatic rings. The lowest BCUT2D eigenvalue weighted by Crippen LogP contribution is -2.53. The van der Waals surface area contributed by atoms with Gasteiger partial charge in [-0.05, 0) is 18.2 Å². The molecule has 2 N–H and O–H groups in total. The Morgan fingerprint density at radius 1 is 1.32 bits per heavy atom. The van der Waals surface area contributed by atoms with Gasteiger partial charge in [0.05, 0.1) is 23.9 Å². The van der Waals surface area contributed by atoms with Crippen LogP contribution in [0.2, 0.25) is 0 Å². The second-order valence-corrected chi connectivity index (χ2v) is 7.40. The quantitative estimate of drug-likeness (QED) is 0.825.